The van der Waals surface area contributed by atoms with Crippen LogP contribution in [0.15, 0.2) is 30.3 Å². The normalized spacial score (nSPS) is 10.3. The van der Waals surface area contributed by atoms with Gasteiger partial charge in [0.25, 0.3) is 0 Å². The first-order valence-electron chi connectivity index (χ1n) is 4.46. The monoisotopic (exact) mass is 251 g/mol. The van der Waals surface area contributed by atoms with Crippen molar-refractivity contribution in [2.24, 2.45) is 0 Å². The van der Waals surface area contributed by atoms with Gasteiger partial charge in [-0.2, -0.15) is 0 Å². The molecule has 0 aromatic heterocycles. The van der Waals surface area contributed by atoms with Gasteiger partial charge >= 0.3 is 29.6 Å². The average molecular weight is 251 g/mol. The maximum absolute atomic E-state index is 11.1. The SMILES string of the molecule is CS(=O)(=O)CC(=O)NCc1ccccc1.[H-].[Na+]. The molecule has 0 saturated carbocycles. The smallest absolute Gasteiger partial charge is 1.00 e. The van der Waals surface area contributed by atoms with E-state index in [9.17, 15) is 13.2 Å². The quantitative estimate of drug-likeness (QED) is 0.600. The zero-order valence-corrected chi connectivity index (χ0v) is 12.3. The predicted octanol–water partition coefficient (Wildman–Crippen LogP) is -2.54. The van der Waals surface area contributed by atoms with Gasteiger partial charge in [-0.05, 0) is 5.56 Å². The molecule has 0 bridgehead atoms. The molecule has 1 aromatic rings. The Kier molecular flexibility index (Phi) is 6.90. The molecule has 1 amide bonds. The van der Waals surface area contributed by atoms with Gasteiger partial charge in [-0.3, -0.25) is 4.79 Å². The fourth-order valence-electron chi connectivity index (χ4n) is 1.09. The topological polar surface area (TPSA) is 63.2 Å². The van der Waals surface area contributed by atoms with Gasteiger partial charge in [0, 0.05) is 12.8 Å². The number of amides is 1. The largest absolute Gasteiger partial charge is 1.00 e. The van der Waals surface area contributed by atoms with Crippen LogP contribution in [-0.4, -0.2) is 26.3 Å². The van der Waals surface area contributed by atoms with Crippen LogP contribution in [0.4, 0.5) is 0 Å². The van der Waals surface area contributed by atoms with Crippen LogP contribution in [-0.2, 0) is 21.2 Å². The number of sulfone groups is 1. The number of carbonyl (C=O) groups is 1. The summed E-state index contributed by atoms with van der Waals surface area (Å²) in [5.74, 6) is -0.929. The molecule has 4 nitrogen and oxygen atoms in total. The Bertz CT molecular complexity index is 436. The van der Waals surface area contributed by atoms with Gasteiger partial charge in [0.05, 0.1) is 0 Å². The third-order valence-corrected chi connectivity index (χ3v) is 2.51. The molecule has 0 unspecified atom stereocenters. The van der Waals surface area contributed by atoms with Crippen LogP contribution >= 0.6 is 0 Å². The standard InChI is InChI=1S/C10H13NO3S.Na.H/c1-15(13,14)8-10(12)11-7-9-5-3-2-4-6-9;;/h2-6H,7-8H2,1H3,(H,11,12);;/q;+1;-1. The van der Waals surface area contributed by atoms with Gasteiger partial charge in [0.15, 0.2) is 9.84 Å². The molecule has 1 rings (SSSR count). The van der Waals surface area contributed by atoms with E-state index in [0.29, 0.717) is 6.54 Å². The molecule has 0 aliphatic carbocycles. The summed E-state index contributed by atoms with van der Waals surface area (Å²) in [6.07, 6.45) is 1.04. The molecular formula is C10H14NNaO3S. The minimum atomic E-state index is -3.24. The molecule has 0 atom stereocenters. The van der Waals surface area contributed by atoms with Crippen LogP contribution in [0.1, 0.15) is 6.99 Å². The predicted molar refractivity (Wildman–Crippen MR) is 59.1 cm³/mol. The van der Waals surface area contributed by atoms with Gasteiger partial charge in [0.1, 0.15) is 5.75 Å². The van der Waals surface area contributed by atoms with Crippen molar-refractivity contribution in [1.82, 2.24) is 5.32 Å². The van der Waals surface area contributed by atoms with Crippen LogP contribution in [0.5, 0.6) is 0 Å². The molecule has 0 aliphatic heterocycles. The molecule has 84 valence electrons. The molecule has 1 N–H and O–H groups in total. The Balaban J connectivity index is 0. The molecule has 0 aliphatic rings. The van der Waals surface area contributed by atoms with Crippen molar-refractivity contribution in [3.8, 4) is 0 Å². The molecule has 6 heteroatoms. The summed E-state index contributed by atoms with van der Waals surface area (Å²) in [5.41, 5.74) is 0.944. The Hall–Kier alpha value is -0.360. The number of carbonyl (C=O) groups excluding carboxylic acids is 1. The second-order valence-electron chi connectivity index (χ2n) is 3.33. The first-order chi connectivity index (χ1) is 6.97. The molecule has 1 aromatic carbocycles. The fourth-order valence-corrected chi connectivity index (χ4v) is 1.66. The number of hydrogen-bond acceptors (Lipinski definition) is 3. The molecule has 0 spiro atoms. The summed E-state index contributed by atoms with van der Waals surface area (Å²) in [5, 5.41) is 2.54. The fraction of sp³-hybridized carbons (Fsp3) is 0.300. The first-order valence-corrected chi connectivity index (χ1v) is 6.52. The zero-order valence-electron chi connectivity index (χ0n) is 10.4. The molecule has 0 saturated heterocycles. The van der Waals surface area contributed by atoms with E-state index in [1.807, 2.05) is 30.3 Å². The van der Waals surface area contributed by atoms with Crippen LogP contribution < -0.4 is 34.9 Å². The summed E-state index contributed by atoms with van der Waals surface area (Å²) in [6, 6.07) is 9.32. The van der Waals surface area contributed by atoms with E-state index >= 15 is 0 Å². The summed E-state index contributed by atoms with van der Waals surface area (Å²) in [4.78, 5) is 11.1. The van der Waals surface area contributed by atoms with Crippen molar-refractivity contribution < 1.29 is 44.2 Å². The number of benzene rings is 1. The Morgan fingerprint density at radius 1 is 1.31 bits per heavy atom. The van der Waals surface area contributed by atoms with E-state index in [-0.39, 0.29) is 31.0 Å². The summed E-state index contributed by atoms with van der Waals surface area (Å²) >= 11 is 0. The molecule has 0 fully saturated rings. The van der Waals surface area contributed by atoms with Gasteiger partial charge in [0.2, 0.25) is 5.91 Å². The second kappa shape index (κ2) is 7.06. The second-order valence-corrected chi connectivity index (χ2v) is 5.47. The van der Waals surface area contributed by atoms with Crippen molar-refractivity contribution in [2.75, 3.05) is 12.0 Å². The maximum atomic E-state index is 11.1. The zero-order chi connectivity index (χ0) is 11.3. The van der Waals surface area contributed by atoms with Gasteiger partial charge < -0.3 is 6.74 Å². The molecular weight excluding hydrogens is 237 g/mol. The molecule has 0 radical (unpaired) electrons. The van der Waals surface area contributed by atoms with Crippen molar-refractivity contribution in [2.45, 2.75) is 6.54 Å². The number of nitrogens with one attached hydrogen (secondary N) is 1. The minimum Gasteiger partial charge on any atom is -1.00 e. The van der Waals surface area contributed by atoms with E-state index in [1.54, 1.807) is 0 Å². The summed E-state index contributed by atoms with van der Waals surface area (Å²) in [6.45, 7) is 0.356. The third kappa shape index (κ3) is 7.00. The Morgan fingerprint density at radius 3 is 2.38 bits per heavy atom. The van der Waals surface area contributed by atoms with Gasteiger partial charge in [-0.25, -0.2) is 8.42 Å². The first kappa shape index (κ1) is 15.6. The number of hydrogen-bond donors (Lipinski definition) is 1. The van der Waals surface area contributed by atoms with E-state index in [0.717, 1.165) is 11.8 Å². The van der Waals surface area contributed by atoms with Crippen LogP contribution in [0.25, 0.3) is 0 Å². The summed E-state index contributed by atoms with van der Waals surface area (Å²) in [7, 11) is -3.24. The van der Waals surface area contributed by atoms with Crippen LogP contribution in [0.2, 0.25) is 0 Å². The van der Waals surface area contributed by atoms with Crippen molar-refractivity contribution in [3.05, 3.63) is 35.9 Å². The Labute approximate surface area is 119 Å². The summed E-state index contributed by atoms with van der Waals surface area (Å²) < 4.78 is 21.6. The van der Waals surface area contributed by atoms with E-state index < -0.39 is 21.5 Å². The van der Waals surface area contributed by atoms with E-state index in [1.165, 1.54) is 0 Å². The van der Waals surface area contributed by atoms with Crippen LogP contribution in [0.3, 0.4) is 0 Å². The van der Waals surface area contributed by atoms with Gasteiger partial charge in [-0.15, -0.1) is 0 Å². The third-order valence-electron chi connectivity index (χ3n) is 1.73. The number of rotatable bonds is 4. The molecule has 0 heterocycles. The van der Waals surface area contributed by atoms with Crippen molar-refractivity contribution >= 4 is 15.7 Å². The van der Waals surface area contributed by atoms with E-state index in [4.69, 9.17) is 0 Å². The Morgan fingerprint density at radius 2 is 1.88 bits per heavy atom. The van der Waals surface area contributed by atoms with E-state index in [2.05, 4.69) is 5.32 Å². The minimum absolute atomic E-state index is 0. The van der Waals surface area contributed by atoms with Crippen molar-refractivity contribution in [1.29, 1.82) is 0 Å². The van der Waals surface area contributed by atoms with Gasteiger partial charge in [-0.1, -0.05) is 30.3 Å². The average Bonchev–Trinajstić information content (AvgIpc) is 2.14. The van der Waals surface area contributed by atoms with Crippen LogP contribution in [0, 0.1) is 0 Å². The maximum Gasteiger partial charge on any atom is 1.00 e. The van der Waals surface area contributed by atoms with Crippen molar-refractivity contribution in [3.63, 3.8) is 0 Å². The molecule has 16 heavy (non-hydrogen) atoms.